The molecule has 0 unspecified atom stereocenters. The van der Waals surface area contributed by atoms with Crippen molar-refractivity contribution in [2.75, 3.05) is 31.6 Å². The van der Waals surface area contributed by atoms with Crippen LogP contribution in [0.3, 0.4) is 0 Å². The van der Waals surface area contributed by atoms with Crippen LogP contribution in [0.2, 0.25) is 0 Å². The van der Waals surface area contributed by atoms with Gasteiger partial charge >= 0.3 is 5.69 Å². The number of nitrogens with zero attached hydrogens (tertiary/aromatic N) is 2. The number of carbonyl (C=O) groups excluding carboxylic acids is 1. The van der Waals surface area contributed by atoms with Gasteiger partial charge in [-0.3, -0.25) is 14.9 Å². The Morgan fingerprint density at radius 2 is 2.00 bits per heavy atom. The van der Waals surface area contributed by atoms with Gasteiger partial charge in [0, 0.05) is 30.9 Å². The third-order valence-electron chi connectivity index (χ3n) is 3.02. The molecule has 7 nitrogen and oxygen atoms in total. The van der Waals surface area contributed by atoms with Crippen LogP contribution in [-0.4, -0.2) is 42.0 Å². The predicted molar refractivity (Wildman–Crippen MR) is 80.7 cm³/mol. The zero-order chi connectivity index (χ0) is 15.8. The first-order valence-electron chi connectivity index (χ1n) is 6.96. The van der Waals surface area contributed by atoms with Gasteiger partial charge in [0.15, 0.2) is 5.75 Å². The van der Waals surface area contributed by atoms with Crippen molar-refractivity contribution in [1.29, 1.82) is 0 Å². The lowest BCUT2D eigenvalue weighted by Crippen LogP contribution is -2.35. The van der Waals surface area contributed by atoms with Crippen molar-refractivity contribution in [3.63, 3.8) is 0 Å². The maximum absolute atomic E-state index is 11.9. The van der Waals surface area contributed by atoms with Crippen molar-refractivity contribution in [2.45, 2.75) is 20.8 Å². The highest BCUT2D eigenvalue weighted by molar-refractivity contribution is 5.81. The van der Waals surface area contributed by atoms with Crippen LogP contribution in [0.5, 0.6) is 5.75 Å². The first-order valence-corrected chi connectivity index (χ1v) is 6.96. The fourth-order valence-corrected chi connectivity index (χ4v) is 1.91. The zero-order valence-corrected chi connectivity index (χ0v) is 12.6. The molecule has 1 aromatic carbocycles. The molecule has 1 aromatic rings. The normalized spacial score (nSPS) is 10.0. The molecule has 7 heteroatoms. The van der Waals surface area contributed by atoms with Crippen molar-refractivity contribution in [2.24, 2.45) is 0 Å². The van der Waals surface area contributed by atoms with E-state index in [1.807, 2.05) is 13.8 Å². The van der Waals surface area contributed by atoms with E-state index >= 15 is 0 Å². The average Bonchev–Trinajstić information content (AvgIpc) is 2.46. The van der Waals surface area contributed by atoms with Crippen molar-refractivity contribution < 1.29 is 14.5 Å². The van der Waals surface area contributed by atoms with Crippen LogP contribution < -0.4 is 10.1 Å². The minimum Gasteiger partial charge on any atom is -0.487 e. The minimum absolute atomic E-state index is 0.0173. The summed E-state index contributed by atoms with van der Waals surface area (Å²) in [5, 5.41) is 13.9. The number of rotatable bonds is 8. The third-order valence-corrected chi connectivity index (χ3v) is 3.02. The SMILES string of the molecule is CCOc1cc(NCC(=O)N(CC)CC)ccc1[N+](=O)[O-]. The van der Waals surface area contributed by atoms with Crippen LogP contribution in [0.1, 0.15) is 20.8 Å². The first kappa shape index (κ1) is 16.7. The molecule has 1 rings (SSSR count). The summed E-state index contributed by atoms with van der Waals surface area (Å²) in [5.74, 6) is 0.180. The fourth-order valence-electron chi connectivity index (χ4n) is 1.91. The smallest absolute Gasteiger partial charge is 0.311 e. The number of likely N-dealkylation sites (N-methyl/N-ethyl adjacent to an activating group) is 1. The Kier molecular flexibility index (Phi) is 6.45. The van der Waals surface area contributed by atoms with Crippen LogP contribution in [0, 0.1) is 10.1 Å². The Bertz CT molecular complexity index is 501. The largest absolute Gasteiger partial charge is 0.487 e. The molecule has 0 fully saturated rings. The summed E-state index contributed by atoms with van der Waals surface area (Å²) < 4.78 is 5.26. The lowest BCUT2D eigenvalue weighted by Gasteiger charge is -2.19. The van der Waals surface area contributed by atoms with Crippen LogP contribution >= 0.6 is 0 Å². The molecule has 0 aliphatic carbocycles. The van der Waals surface area contributed by atoms with Crippen LogP contribution in [0.25, 0.3) is 0 Å². The Morgan fingerprint density at radius 3 is 2.52 bits per heavy atom. The third kappa shape index (κ3) is 4.62. The second-order valence-electron chi connectivity index (χ2n) is 4.29. The molecule has 21 heavy (non-hydrogen) atoms. The monoisotopic (exact) mass is 295 g/mol. The first-order chi connectivity index (χ1) is 10.0. The van der Waals surface area contributed by atoms with E-state index < -0.39 is 4.92 Å². The van der Waals surface area contributed by atoms with E-state index in [2.05, 4.69) is 5.32 Å². The molecular formula is C14H21N3O4. The van der Waals surface area contributed by atoms with E-state index in [0.717, 1.165) is 0 Å². The molecule has 0 aliphatic rings. The highest BCUT2D eigenvalue weighted by Gasteiger charge is 2.16. The maximum atomic E-state index is 11.9. The van der Waals surface area contributed by atoms with Gasteiger partial charge in [-0.2, -0.15) is 0 Å². The highest BCUT2D eigenvalue weighted by Crippen LogP contribution is 2.29. The topological polar surface area (TPSA) is 84.7 Å². The number of amides is 1. The number of nitro benzene ring substituents is 1. The Morgan fingerprint density at radius 1 is 1.33 bits per heavy atom. The minimum atomic E-state index is -0.490. The molecule has 0 saturated heterocycles. The summed E-state index contributed by atoms with van der Waals surface area (Å²) in [4.78, 5) is 24.0. The number of nitrogens with one attached hydrogen (secondary N) is 1. The van der Waals surface area contributed by atoms with Crippen LogP contribution in [-0.2, 0) is 4.79 Å². The molecular weight excluding hydrogens is 274 g/mol. The number of ether oxygens (including phenoxy) is 1. The van der Waals surface area contributed by atoms with Gasteiger partial charge in [0.2, 0.25) is 5.91 Å². The number of hydrogen-bond acceptors (Lipinski definition) is 5. The van der Waals surface area contributed by atoms with Gasteiger partial charge in [-0.25, -0.2) is 0 Å². The summed E-state index contributed by atoms with van der Waals surface area (Å²) in [7, 11) is 0. The van der Waals surface area contributed by atoms with E-state index in [0.29, 0.717) is 25.4 Å². The van der Waals surface area contributed by atoms with E-state index in [4.69, 9.17) is 4.74 Å². The number of carbonyl (C=O) groups is 1. The lowest BCUT2D eigenvalue weighted by molar-refractivity contribution is -0.385. The van der Waals surface area contributed by atoms with E-state index in [-0.39, 0.29) is 23.9 Å². The standard InChI is InChI=1S/C14H21N3O4/c1-4-16(5-2)14(18)10-15-11-7-8-12(17(19)20)13(9-11)21-6-3/h7-9,15H,4-6,10H2,1-3H3. The van der Waals surface area contributed by atoms with E-state index in [1.54, 1.807) is 17.9 Å². The number of hydrogen-bond donors (Lipinski definition) is 1. The van der Waals surface area contributed by atoms with Gasteiger partial charge in [-0.15, -0.1) is 0 Å². The van der Waals surface area contributed by atoms with Gasteiger partial charge in [0.1, 0.15) is 0 Å². The quantitative estimate of drug-likeness (QED) is 0.587. The van der Waals surface area contributed by atoms with E-state index in [9.17, 15) is 14.9 Å². The van der Waals surface area contributed by atoms with Gasteiger partial charge in [-0.1, -0.05) is 0 Å². The molecule has 0 atom stereocenters. The highest BCUT2D eigenvalue weighted by atomic mass is 16.6. The van der Waals surface area contributed by atoms with Crippen molar-refractivity contribution in [3.05, 3.63) is 28.3 Å². The Hall–Kier alpha value is -2.31. The molecule has 116 valence electrons. The summed E-state index contributed by atoms with van der Waals surface area (Å²) >= 11 is 0. The van der Waals surface area contributed by atoms with E-state index in [1.165, 1.54) is 12.1 Å². The molecule has 1 amide bonds. The van der Waals surface area contributed by atoms with Gasteiger partial charge in [0.25, 0.3) is 0 Å². The molecule has 0 heterocycles. The maximum Gasteiger partial charge on any atom is 0.311 e. The van der Waals surface area contributed by atoms with Crippen molar-refractivity contribution >= 4 is 17.3 Å². The molecule has 0 aliphatic heterocycles. The summed E-state index contributed by atoms with van der Waals surface area (Å²) in [5.41, 5.74) is 0.530. The summed E-state index contributed by atoms with van der Waals surface area (Å²) in [6, 6.07) is 4.47. The predicted octanol–water partition coefficient (Wildman–Crippen LogP) is 2.27. The van der Waals surface area contributed by atoms with Gasteiger partial charge in [-0.05, 0) is 26.8 Å². The average molecular weight is 295 g/mol. The second kappa shape index (κ2) is 8.08. The molecule has 0 spiro atoms. The molecule has 0 saturated carbocycles. The zero-order valence-electron chi connectivity index (χ0n) is 12.6. The lowest BCUT2D eigenvalue weighted by atomic mass is 10.2. The Balaban J connectivity index is 2.78. The van der Waals surface area contributed by atoms with Crippen LogP contribution in [0.4, 0.5) is 11.4 Å². The number of benzene rings is 1. The molecule has 1 N–H and O–H groups in total. The van der Waals surface area contributed by atoms with Crippen molar-refractivity contribution in [1.82, 2.24) is 4.90 Å². The van der Waals surface area contributed by atoms with Crippen molar-refractivity contribution in [3.8, 4) is 5.75 Å². The number of nitro groups is 1. The Labute approximate surface area is 124 Å². The molecule has 0 radical (unpaired) electrons. The summed E-state index contributed by atoms with van der Waals surface area (Å²) in [6.45, 7) is 7.38. The fraction of sp³-hybridized carbons (Fsp3) is 0.500. The summed E-state index contributed by atoms with van der Waals surface area (Å²) in [6.07, 6.45) is 0. The van der Waals surface area contributed by atoms with Crippen LogP contribution in [0.15, 0.2) is 18.2 Å². The van der Waals surface area contributed by atoms with Gasteiger partial charge < -0.3 is 15.0 Å². The molecule has 0 bridgehead atoms. The molecule has 0 aromatic heterocycles. The number of anilines is 1. The second-order valence-corrected chi connectivity index (χ2v) is 4.29. The van der Waals surface area contributed by atoms with Gasteiger partial charge in [0.05, 0.1) is 18.1 Å².